The van der Waals surface area contributed by atoms with Gasteiger partial charge in [0.25, 0.3) is 0 Å². The highest BCUT2D eigenvalue weighted by atomic mass is 35.5. The smallest absolute Gasteiger partial charge is 0.222 e. The normalized spacial score (nSPS) is 12.5. The first-order chi connectivity index (χ1) is 6.09. The first kappa shape index (κ1) is 10.2. The van der Waals surface area contributed by atoms with Crippen molar-refractivity contribution in [3.8, 4) is 0 Å². The molecule has 0 saturated carbocycles. The molecule has 0 unspecified atom stereocenters. The minimum atomic E-state index is -0.364. The van der Waals surface area contributed by atoms with E-state index < -0.39 is 0 Å². The van der Waals surface area contributed by atoms with Crippen LogP contribution in [0.4, 0.5) is 4.39 Å². The summed E-state index contributed by atoms with van der Waals surface area (Å²) < 4.78 is 12.5. The predicted molar refractivity (Wildman–Crippen MR) is 50.3 cm³/mol. The van der Waals surface area contributed by atoms with Crippen molar-refractivity contribution in [2.24, 2.45) is 0 Å². The second kappa shape index (κ2) is 4.38. The number of hydrogen-bond donors (Lipinski definition) is 0. The minimum absolute atomic E-state index is 0.0469. The lowest BCUT2D eigenvalue weighted by Crippen LogP contribution is -1.98. The fourth-order valence-electron chi connectivity index (χ4n) is 1.15. The molecule has 0 heterocycles. The van der Waals surface area contributed by atoms with Crippen LogP contribution in [0.1, 0.15) is 24.8 Å². The molecular weight excluding hydrogens is 191 g/mol. The first-order valence-corrected chi connectivity index (χ1v) is 4.41. The van der Waals surface area contributed by atoms with Gasteiger partial charge in [-0.3, -0.25) is 4.79 Å². The summed E-state index contributed by atoms with van der Waals surface area (Å²) in [4.78, 5) is 10.6. The van der Waals surface area contributed by atoms with Gasteiger partial charge in [0.15, 0.2) is 0 Å². The van der Waals surface area contributed by atoms with Crippen molar-refractivity contribution < 1.29 is 9.18 Å². The molecule has 1 aromatic rings. The van der Waals surface area contributed by atoms with E-state index in [1.807, 2.05) is 6.92 Å². The van der Waals surface area contributed by atoms with E-state index in [-0.39, 0.29) is 23.4 Å². The third kappa shape index (κ3) is 3.15. The summed E-state index contributed by atoms with van der Waals surface area (Å²) in [7, 11) is 0. The zero-order chi connectivity index (χ0) is 9.84. The summed E-state index contributed by atoms with van der Waals surface area (Å²) >= 11 is 5.24. The van der Waals surface area contributed by atoms with Crippen LogP contribution >= 0.6 is 11.6 Å². The Balaban J connectivity index is 2.71. The van der Waals surface area contributed by atoms with Gasteiger partial charge in [-0.05, 0) is 35.2 Å². The molecule has 0 saturated heterocycles. The average molecular weight is 201 g/mol. The van der Waals surface area contributed by atoms with Crippen molar-refractivity contribution in [1.29, 1.82) is 0 Å². The largest absolute Gasteiger partial charge is 0.281 e. The van der Waals surface area contributed by atoms with Gasteiger partial charge in [-0.15, -0.1) is 0 Å². The predicted octanol–water partition coefficient (Wildman–Crippen LogP) is 3.08. The van der Waals surface area contributed by atoms with Crippen LogP contribution in [0.3, 0.4) is 0 Å². The molecule has 1 atom stereocenters. The molecule has 0 spiro atoms. The van der Waals surface area contributed by atoms with E-state index in [2.05, 4.69) is 0 Å². The number of carbonyl (C=O) groups is 1. The molecule has 0 amide bonds. The number of benzene rings is 1. The van der Waals surface area contributed by atoms with Crippen LogP contribution < -0.4 is 0 Å². The van der Waals surface area contributed by atoms with Gasteiger partial charge in [-0.1, -0.05) is 19.1 Å². The molecular formula is C10H10ClFO. The average Bonchev–Trinajstić information content (AvgIpc) is 2.04. The highest BCUT2D eigenvalue weighted by Gasteiger charge is 2.08. The number of hydrogen-bond acceptors (Lipinski definition) is 1. The third-order valence-corrected chi connectivity index (χ3v) is 2.06. The van der Waals surface area contributed by atoms with Crippen LogP contribution in [-0.4, -0.2) is 5.24 Å². The van der Waals surface area contributed by atoms with E-state index in [9.17, 15) is 9.18 Å². The van der Waals surface area contributed by atoms with E-state index in [0.717, 1.165) is 5.56 Å². The molecule has 13 heavy (non-hydrogen) atoms. The Morgan fingerprint density at radius 3 is 2.46 bits per heavy atom. The van der Waals surface area contributed by atoms with E-state index in [0.29, 0.717) is 0 Å². The SMILES string of the molecule is C[C@@H](CC(=O)Cl)c1ccc(F)cc1. The van der Waals surface area contributed by atoms with Gasteiger partial charge in [0, 0.05) is 6.42 Å². The lowest BCUT2D eigenvalue weighted by atomic mass is 9.99. The zero-order valence-corrected chi connectivity index (χ0v) is 8.01. The maximum absolute atomic E-state index is 12.5. The van der Waals surface area contributed by atoms with Crippen LogP contribution in [0.5, 0.6) is 0 Å². The van der Waals surface area contributed by atoms with Gasteiger partial charge in [0.05, 0.1) is 0 Å². The topological polar surface area (TPSA) is 17.1 Å². The molecule has 0 aliphatic carbocycles. The monoisotopic (exact) mass is 200 g/mol. The Morgan fingerprint density at radius 2 is 2.00 bits per heavy atom. The lowest BCUT2D eigenvalue weighted by Gasteiger charge is -2.08. The Hall–Kier alpha value is -0.890. The van der Waals surface area contributed by atoms with E-state index in [1.165, 1.54) is 12.1 Å². The highest BCUT2D eigenvalue weighted by molar-refractivity contribution is 6.63. The van der Waals surface area contributed by atoms with Crippen LogP contribution in [-0.2, 0) is 4.79 Å². The molecule has 1 aromatic carbocycles. The second-order valence-corrected chi connectivity index (χ2v) is 3.43. The van der Waals surface area contributed by atoms with Crippen LogP contribution in [0, 0.1) is 5.82 Å². The van der Waals surface area contributed by atoms with Crippen molar-refractivity contribution >= 4 is 16.8 Å². The Kier molecular flexibility index (Phi) is 3.43. The van der Waals surface area contributed by atoms with Crippen molar-refractivity contribution in [3.63, 3.8) is 0 Å². The van der Waals surface area contributed by atoms with Gasteiger partial charge in [0.1, 0.15) is 5.82 Å². The third-order valence-electron chi connectivity index (χ3n) is 1.91. The van der Waals surface area contributed by atoms with Gasteiger partial charge in [-0.25, -0.2) is 4.39 Å². The van der Waals surface area contributed by atoms with Gasteiger partial charge in [-0.2, -0.15) is 0 Å². The Bertz CT molecular complexity index is 294. The fraction of sp³-hybridized carbons (Fsp3) is 0.300. The Labute approximate surface area is 81.5 Å². The Morgan fingerprint density at radius 1 is 1.46 bits per heavy atom. The van der Waals surface area contributed by atoms with Crippen molar-refractivity contribution in [1.82, 2.24) is 0 Å². The summed E-state index contributed by atoms with van der Waals surface area (Å²) in [5.41, 5.74) is 0.926. The minimum Gasteiger partial charge on any atom is -0.281 e. The quantitative estimate of drug-likeness (QED) is 0.686. The molecule has 0 aliphatic heterocycles. The molecule has 70 valence electrons. The molecule has 0 aromatic heterocycles. The van der Waals surface area contributed by atoms with Crippen LogP contribution in [0.2, 0.25) is 0 Å². The fourth-order valence-corrected chi connectivity index (χ4v) is 1.38. The highest BCUT2D eigenvalue weighted by Crippen LogP contribution is 2.19. The summed E-state index contributed by atoms with van der Waals surface area (Å²) in [6.07, 6.45) is 0.285. The van der Waals surface area contributed by atoms with E-state index in [1.54, 1.807) is 12.1 Å². The second-order valence-electron chi connectivity index (χ2n) is 3.01. The van der Waals surface area contributed by atoms with Crippen LogP contribution in [0.15, 0.2) is 24.3 Å². The maximum atomic E-state index is 12.5. The van der Waals surface area contributed by atoms with Crippen molar-refractivity contribution in [2.75, 3.05) is 0 Å². The number of carbonyl (C=O) groups excluding carboxylic acids is 1. The molecule has 1 nitrogen and oxygen atoms in total. The molecule has 1 rings (SSSR count). The van der Waals surface area contributed by atoms with Crippen LogP contribution in [0.25, 0.3) is 0 Å². The van der Waals surface area contributed by atoms with Crippen molar-refractivity contribution in [2.45, 2.75) is 19.3 Å². The standard InChI is InChI=1S/C10H10ClFO/c1-7(6-10(11)13)8-2-4-9(12)5-3-8/h2-5,7H,6H2,1H3/t7-/m0/s1. The molecule has 0 N–H and O–H groups in total. The summed E-state index contributed by atoms with van der Waals surface area (Å²) in [6, 6.07) is 6.09. The summed E-state index contributed by atoms with van der Waals surface area (Å²) in [6.45, 7) is 1.88. The maximum Gasteiger partial charge on any atom is 0.222 e. The summed E-state index contributed by atoms with van der Waals surface area (Å²) in [5.74, 6) is -0.223. The molecule has 0 aliphatic rings. The molecule has 0 bridgehead atoms. The van der Waals surface area contributed by atoms with E-state index >= 15 is 0 Å². The molecule has 3 heteroatoms. The molecule has 0 fully saturated rings. The van der Waals surface area contributed by atoms with E-state index in [4.69, 9.17) is 11.6 Å². The molecule has 0 radical (unpaired) electrons. The lowest BCUT2D eigenvalue weighted by molar-refractivity contribution is -0.111. The number of rotatable bonds is 3. The van der Waals surface area contributed by atoms with Gasteiger partial charge >= 0.3 is 0 Å². The van der Waals surface area contributed by atoms with Gasteiger partial charge in [0.2, 0.25) is 5.24 Å². The van der Waals surface area contributed by atoms with Crippen molar-refractivity contribution in [3.05, 3.63) is 35.6 Å². The zero-order valence-electron chi connectivity index (χ0n) is 7.26. The summed E-state index contributed by atoms with van der Waals surface area (Å²) in [5, 5.41) is -0.364. The number of halogens is 2. The van der Waals surface area contributed by atoms with Gasteiger partial charge < -0.3 is 0 Å². The first-order valence-electron chi connectivity index (χ1n) is 4.03.